The van der Waals surface area contributed by atoms with Gasteiger partial charge in [-0.1, -0.05) is 30.3 Å². The number of rotatable bonds is 2. The number of hydrogen-bond donors (Lipinski definition) is 2. The van der Waals surface area contributed by atoms with Crippen LogP contribution in [-0.4, -0.2) is 21.7 Å². The predicted molar refractivity (Wildman–Crippen MR) is 101 cm³/mol. The van der Waals surface area contributed by atoms with Crippen LogP contribution in [-0.2, 0) is 0 Å². The molecular weight excluding hydrogens is 326 g/mol. The summed E-state index contributed by atoms with van der Waals surface area (Å²) in [4.78, 5) is 4.55. The quantitative estimate of drug-likeness (QED) is 0.582. The normalized spacial score (nSPS) is 15.2. The molecule has 1 aliphatic rings. The van der Waals surface area contributed by atoms with Crippen LogP contribution in [0.1, 0.15) is 17.2 Å². The number of fused-ring (bicyclic) bond motifs is 2. The van der Waals surface area contributed by atoms with Crippen molar-refractivity contribution in [3.63, 3.8) is 0 Å². The summed E-state index contributed by atoms with van der Waals surface area (Å²) >= 11 is 0. The summed E-state index contributed by atoms with van der Waals surface area (Å²) in [5, 5.41) is 8.01. The van der Waals surface area contributed by atoms with Gasteiger partial charge in [0.15, 0.2) is 0 Å². The average molecular weight is 343 g/mol. The van der Waals surface area contributed by atoms with E-state index in [1.807, 2.05) is 35.0 Å². The van der Waals surface area contributed by atoms with Crippen LogP contribution in [0.4, 0.5) is 11.6 Å². The van der Waals surface area contributed by atoms with E-state index in [1.165, 1.54) is 0 Å². The molecule has 4 aromatic rings. The lowest BCUT2D eigenvalue weighted by molar-refractivity contribution is 0.414. The highest BCUT2D eigenvalue weighted by molar-refractivity contribution is 5.90. The van der Waals surface area contributed by atoms with E-state index in [1.54, 1.807) is 7.11 Å². The van der Waals surface area contributed by atoms with Gasteiger partial charge in [0, 0.05) is 23.0 Å². The van der Waals surface area contributed by atoms with Gasteiger partial charge >= 0.3 is 0 Å². The number of nitrogen functional groups attached to an aromatic ring is 1. The van der Waals surface area contributed by atoms with Crippen molar-refractivity contribution in [2.45, 2.75) is 6.04 Å². The summed E-state index contributed by atoms with van der Waals surface area (Å²) < 4.78 is 7.10. The van der Waals surface area contributed by atoms with Gasteiger partial charge in [-0.05, 0) is 29.8 Å². The van der Waals surface area contributed by atoms with Gasteiger partial charge in [-0.15, -0.1) is 5.10 Å². The van der Waals surface area contributed by atoms with Crippen LogP contribution in [0, 0.1) is 0 Å². The fraction of sp³-hybridized carbons (Fsp3) is 0.100. The van der Waals surface area contributed by atoms with E-state index >= 15 is 0 Å². The van der Waals surface area contributed by atoms with Crippen molar-refractivity contribution in [3.8, 4) is 17.0 Å². The fourth-order valence-electron chi connectivity index (χ4n) is 3.59. The lowest BCUT2D eigenvalue weighted by Gasteiger charge is -2.19. The molecule has 0 aliphatic carbocycles. The fourth-order valence-corrected chi connectivity index (χ4v) is 3.59. The Morgan fingerprint density at radius 3 is 2.69 bits per heavy atom. The maximum Gasteiger partial charge on any atom is 0.238 e. The molecule has 3 heterocycles. The summed E-state index contributed by atoms with van der Waals surface area (Å²) in [6.45, 7) is 0. The molecule has 0 fully saturated rings. The van der Waals surface area contributed by atoms with Crippen LogP contribution in [0.5, 0.6) is 5.75 Å². The Hall–Kier alpha value is -3.54. The van der Waals surface area contributed by atoms with Crippen LogP contribution in [0.3, 0.4) is 0 Å². The van der Waals surface area contributed by atoms with Crippen LogP contribution < -0.4 is 15.8 Å². The molecule has 0 amide bonds. The molecule has 128 valence electrons. The largest absolute Gasteiger partial charge is 0.497 e. The minimum absolute atomic E-state index is 0.0273. The van der Waals surface area contributed by atoms with Crippen LogP contribution >= 0.6 is 0 Å². The second kappa shape index (κ2) is 5.49. The molecule has 6 heteroatoms. The van der Waals surface area contributed by atoms with Gasteiger partial charge in [0.2, 0.25) is 5.95 Å². The number of benzene rings is 2. The lowest BCUT2D eigenvalue weighted by Crippen LogP contribution is -2.11. The summed E-state index contributed by atoms with van der Waals surface area (Å²) in [5.74, 6) is 1.09. The minimum atomic E-state index is -0.0273. The van der Waals surface area contributed by atoms with Gasteiger partial charge in [0.1, 0.15) is 11.4 Å². The van der Waals surface area contributed by atoms with E-state index in [-0.39, 0.29) is 12.0 Å². The van der Waals surface area contributed by atoms with Crippen molar-refractivity contribution in [3.05, 3.63) is 71.9 Å². The number of para-hydroxylation sites is 1. The molecular formula is C20H17N5O. The number of aromatic nitrogens is 3. The van der Waals surface area contributed by atoms with Gasteiger partial charge in [-0.2, -0.15) is 0 Å². The lowest BCUT2D eigenvalue weighted by atomic mass is 9.99. The van der Waals surface area contributed by atoms with Crippen molar-refractivity contribution in [1.29, 1.82) is 0 Å². The number of nitrogens with two attached hydrogens (primary N) is 1. The second-order valence-corrected chi connectivity index (χ2v) is 6.28. The summed E-state index contributed by atoms with van der Waals surface area (Å²) in [6, 6.07) is 18.3. The zero-order chi connectivity index (χ0) is 17.7. The van der Waals surface area contributed by atoms with Crippen molar-refractivity contribution in [1.82, 2.24) is 14.6 Å². The van der Waals surface area contributed by atoms with E-state index < -0.39 is 0 Å². The van der Waals surface area contributed by atoms with E-state index in [9.17, 15) is 0 Å². The Labute approximate surface area is 150 Å². The van der Waals surface area contributed by atoms with Crippen LogP contribution in [0.25, 0.3) is 16.8 Å². The first-order chi connectivity index (χ1) is 12.7. The van der Waals surface area contributed by atoms with E-state index in [4.69, 9.17) is 10.5 Å². The molecule has 0 radical (unpaired) electrons. The third-order valence-corrected chi connectivity index (χ3v) is 4.80. The summed E-state index contributed by atoms with van der Waals surface area (Å²) in [6.07, 6.45) is 1.93. The Kier molecular flexibility index (Phi) is 3.12. The van der Waals surface area contributed by atoms with Gasteiger partial charge in [0.05, 0.1) is 18.7 Å². The maximum atomic E-state index is 5.94. The number of anilines is 2. The third-order valence-electron chi connectivity index (χ3n) is 4.80. The molecule has 0 saturated carbocycles. The predicted octanol–water partition coefficient (Wildman–Crippen LogP) is 3.50. The Bertz CT molecular complexity index is 1120. The standard InChI is InChI=1S/C20H17N5O/c1-26-13-8-6-12(7-9-13)17-15-10-11-25-19(15)18(23-20(21)24-25)14-4-2-3-5-16(14)22-17/h2-11,17,22H,1H3,(H2,21,24). The zero-order valence-electron chi connectivity index (χ0n) is 14.2. The third kappa shape index (κ3) is 2.12. The molecule has 26 heavy (non-hydrogen) atoms. The Morgan fingerprint density at radius 1 is 1.08 bits per heavy atom. The molecule has 1 aliphatic heterocycles. The number of nitrogens with zero attached hydrogens (tertiary/aromatic N) is 3. The number of methoxy groups -OCH3 is 1. The van der Waals surface area contributed by atoms with Gasteiger partial charge in [-0.25, -0.2) is 9.50 Å². The number of nitrogens with one attached hydrogen (secondary N) is 1. The molecule has 2 aromatic heterocycles. The molecule has 1 atom stereocenters. The van der Waals surface area contributed by atoms with Gasteiger partial charge in [0.25, 0.3) is 0 Å². The van der Waals surface area contributed by atoms with Crippen molar-refractivity contribution < 1.29 is 4.74 Å². The average Bonchev–Trinajstić information content (AvgIpc) is 3.03. The van der Waals surface area contributed by atoms with E-state index in [2.05, 4.69) is 45.7 Å². The molecule has 6 nitrogen and oxygen atoms in total. The first kappa shape index (κ1) is 14.8. The van der Waals surface area contributed by atoms with Crippen molar-refractivity contribution >= 4 is 17.2 Å². The maximum absolute atomic E-state index is 5.94. The summed E-state index contributed by atoms with van der Waals surface area (Å²) in [5.41, 5.74) is 12.0. The molecule has 2 aromatic carbocycles. The highest BCUT2D eigenvalue weighted by Crippen LogP contribution is 2.41. The molecule has 1 unspecified atom stereocenters. The number of hydrogen-bond acceptors (Lipinski definition) is 5. The van der Waals surface area contributed by atoms with E-state index in [0.717, 1.165) is 39.3 Å². The van der Waals surface area contributed by atoms with Crippen LogP contribution in [0.2, 0.25) is 0 Å². The first-order valence-corrected chi connectivity index (χ1v) is 8.39. The smallest absolute Gasteiger partial charge is 0.238 e. The minimum Gasteiger partial charge on any atom is -0.497 e. The van der Waals surface area contributed by atoms with Crippen LogP contribution in [0.15, 0.2) is 60.8 Å². The molecule has 3 N–H and O–H groups in total. The Balaban J connectivity index is 1.79. The molecule has 0 bridgehead atoms. The number of ether oxygens (including phenoxy) is 1. The van der Waals surface area contributed by atoms with Crippen molar-refractivity contribution in [2.75, 3.05) is 18.2 Å². The molecule has 0 spiro atoms. The van der Waals surface area contributed by atoms with E-state index in [0.29, 0.717) is 0 Å². The second-order valence-electron chi connectivity index (χ2n) is 6.28. The first-order valence-electron chi connectivity index (χ1n) is 8.39. The molecule has 5 rings (SSSR count). The monoisotopic (exact) mass is 343 g/mol. The zero-order valence-corrected chi connectivity index (χ0v) is 14.2. The SMILES string of the molecule is COc1ccc(C2Nc3ccccc3-c3nc(N)nn4ccc2c34)cc1. The topological polar surface area (TPSA) is 77.5 Å². The summed E-state index contributed by atoms with van der Waals surface area (Å²) in [7, 11) is 1.67. The van der Waals surface area contributed by atoms with Gasteiger partial charge < -0.3 is 15.8 Å². The highest BCUT2D eigenvalue weighted by atomic mass is 16.5. The Morgan fingerprint density at radius 2 is 1.88 bits per heavy atom. The van der Waals surface area contributed by atoms with Gasteiger partial charge in [-0.3, -0.25) is 0 Å². The highest BCUT2D eigenvalue weighted by Gasteiger charge is 2.26. The molecule has 0 saturated heterocycles. The van der Waals surface area contributed by atoms with Crippen molar-refractivity contribution in [2.24, 2.45) is 0 Å².